The number of nitrogens with one attached hydrogen (secondary N) is 1. The Morgan fingerprint density at radius 1 is 1.23 bits per heavy atom. The molecule has 1 aromatic heterocycles. The van der Waals surface area contributed by atoms with Gasteiger partial charge in [-0.05, 0) is 49.0 Å². The van der Waals surface area contributed by atoms with Crippen molar-refractivity contribution in [1.29, 1.82) is 0 Å². The molecule has 2 fully saturated rings. The monoisotopic (exact) mass is 358 g/mol. The molecule has 1 aromatic rings. The minimum atomic E-state index is -0.527. The molecule has 1 N–H and O–H groups in total. The van der Waals surface area contributed by atoms with E-state index in [2.05, 4.69) is 10.3 Å². The Kier molecular flexibility index (Phi) is 5.35. The smallest absolute Gasteiger partial charge is 0.270 e. The molecule has 0 unspecified atom stereocenters. The molecule has 0 aliphatic heterocycles. The first-order valence-corrected chi connectivity index (χ1v) is 9.77. The lowest BCUT2D eigenvalue weighted by atomic mass is 9.83. The molecule has 1 atom stereocenters. The third-order valence-corrected chi connectivity index (χ3v) is 5.10. The van der Waals surface area contributed by atoms with Crippen LogP contribution < -0.4 is 10.1 Å². The largest absolute Gasteiger partial charge is 0.477 e. The molecular formula is C21H30N2O3. The summed E-state index contributed by atoms with van der Waals surface area (Å²) in [5.41, 5.74) is 1.08. The molecule has 2 saturated carbocycles. The number of ketones is 1. The Labute approximate surface area is 155 Å². The number of ether oxygens (including phenoxy) is 1. The van der Waals surface area contributed by atoms with Gasteiger partial charge in [0.25, 0.3) is 5.91 Å². The maximum atomic E-state index is 12.7. The van der Waals surface area contributed by atoms with E-state index in [1.165, 1.54) is 12.8 Å². The summed E-state index contributed by atoms with van der Waals surface area (Å²) in [6.45, 7) is 8.37. The average molecular weight is 358 g/mol. The van der Waals surface area contributed by atoms with Gasteiger partial charge in [0.1, 0.15) is 5.69 Å². The number of hydrogen-bond donors (Lipinski definition) is 1. The molecule has 1 heterocycles. The lowest BCUT2D eigenvalue weighted by Gasteiger charge is -2.30. The summed E-state index contributed by atoms with van der Waals surface area (Å²) in [6, 6.07) is 3.19. The molecule has 2 aliphatic carbocycles. The summed E-state index contributed by atoms with van der Waals surface area (Å²) in [5, 5.41) is 2.89. The van der Waals surface area contributed by atoms with E-state index >= 15 is 0 Å². The van der Waals surface area contributed by atoms with Crippen molar-refractivity contribution in [2.45, 2.75) is 71.8 Å². The van der Waals surface area contributed by atoms with E-state index in [0.717, 1.165) is 18.4 Å². The second-order valence-electron chi connectivity index (χ2n) is 8.71. The van der Waals surface area contributed by atoms with Crippen molar-refractivity contribution in [3.05, 3.63) is 23.4 Å². The van der Waals surface area contributed by atoms with E-state index in [1.807, 2.05) is 33.8 Å². The van der Waals surface area contributed by atoms with Gasteiger partial charge in [-0.25, -0.2) is 4.98 Å². The van der Waals surface area contributed by atoms with Gasteiger partial charge in [-0.15, -0.1) is 0 Å². The van der Waals surface area contributed by atoms with Crippen LogP contribution in [-0.4, -0.2) is 29.3 Å². The Balaban J connectivity index is 1.77. The van der Waals surface area contributed by atoms with Gasteiger partial charge in [-0.2, -0.15) is 0 Å². The topological polar surface area (TPSA) is 68.3 Å². The van der Waals surface area contributed by atoms with Crippen molar-refractivity contribution in [2.75, 3.05) is 6.61 Å². The predicted octanol–water partition coefficient (Wildman–Crippen LogP) is 3.87. The fourth-order valence-corrected chi connectivity index (χ4v) is 3.07. The highest BCUT2D eigenvalue weighted by molar-refractivity contribution is 5.97. The summed E-state index contributed by atoms with van der Waals surface area (Å²) in [6.07, 6.45) is 5.14. The Morgan fingerprint density at radius 3 is 2.46 bits per heavy atom. The fraction of sp³-hybridized carbons (Fsp3) is 0.667. The number of Topliss-reactive ketones (excluding diaryl/α,β-unsaturated/α-hetero) is 1. The first-order chi connectivity index (χ1) is 12.3. The standard InChI is InChI=1S/C21H30N2O3/c1-5-17(24)18(21(2,3)4)23-19(25)16-11-10-15(14-8-9-14)20(22-16)26-12-13-6-7-13/h10-11,13-14,18H,5-9,12H2,1-4H3,(H,23,25)/t18-/m1/s1. The van der Waals surface area contributed by atoms with Gasteiger partial charge in [0.15, 0.2) is 5.78 Å². The molecule has 0 radical (unpaired) electrons. The van der Waals surface area contributed by atoms with E-state index < -0.39 is 6.04 Å². The van der Waals surface area contributed by atoms with E-state index in [1.54, 1.807) is 6.07 Å². The Morgan fingerprint density at radius 2 is 1.92 bits per heavy atom. The molecule has 3 rings (SSSR count). The molecule has 0 saturated heterocycles. The molecule has 0 aromatic carbocycles. The molecule has 5 heteroatoms. The molecule has 2 aliphatic rings. The Hall–Kier alpha value is -1.91. The molecule has 26 heavy (non-hydrogen) atoms. The van der Waals surface area contributed by atoms with Crippen LogP contribution in [0.5, 0.6) is 5.88 Å². The predicted molar refractivity (Wildman–Crippen MR) is 100 cm³/mol. The van der Waals surface area contributed by atoms with Crippen LogP contribution in [-0.2, 0) is 4.79 Å². The van der Waals surface area contributed by atoms with Crippen LogP contribution in [0, 0.1) is 11.3 Å². The van der Waals surface area contributed by atoms with Crippen molar-refractivity contribution in [3.63, 3.8) is 0 Å². The third-order valence-electron chi connectivity index (χ3n) is 5.10. The minimum absolute atomic E-state index is 0.0330. The lowest BCUT2D eigenvalue weighted by molar-refractivity contribution is -0.122. The number of nitrogens with zero attached hydrogens (tertiary/aromatic N) is 1. The van der Waals surface area contributed by atoms with Gasteiger partial charge in [0.05, 0.1) is 12.6 Å². The van der Waals surface area contributed by atoms with E-state index in [9.17, 15) is 9.59 Å². The number of rotatable bonds is 8. The highest BCUT2D eigenvalue weighted by Crippen LogP contribution is 2.44. The summed E-state index contributed by atoms with van der Waals surface area (Å²) in [7, 11) is 0. The van der Waals surface area contributed by atoms with Crippen molar-refractivity contribution >= 4 is 11.7 Å². The van der Waals surface area contributed by atoms with Crippen molar-refractivity contribution in [3.8, 4) is 5.88 Å². The first kappa shape index (κ1) is 18.9. The van der Waals surface area contributed by atoms with Gasteiger partial charge < -0.3 is 10.1 Å². The zero-order valence-corrected chi connectivity index (χ0v) is 16.3. The van der Waals surface area contributed by atoms with Gasteiger partial charge in [0.2, 0.25) is 5.88 Å². The quantitative estimate of drug-likeness (QED) is 0.766. The highest BCUT2D eigenvalue weighted by atomic mass is 16.5. The van der Waals surface area contributed by atoms with Crippen LogP contribution in [0.15, 0.2) is 12.1 Å². The zero-order valence-electron chi connectivity index (χ0n) is 16.3. The maximum Gasteiger partial charge on any atom is 0.270 e. The highest BCUT2D eigenvalue weighted by Gasteiger charge is 2.33. The van der Waals surface area contributed by atoms with Crippen molar-refractivity contribution < 1.29 is 14.3 Å². The SMILES string of the molecule is CCC(=O)[C@@H](NC(=O)c1ccc(C2CC2)c(OCC2CC2)n1)C(C)(C)C. The molecule has 0 spiro atoms. The number of amides is 1. The second kappa shape index (κ2) is 7.37. The van der Waals surface area contributed by atoms with Crippen molar-refractivity contribution in [2.24, 2.45) is 11.3 Å². The van der Waals surface area contributed by atoms with Crippen LogP contribution >= 0.6 is 0 Å². The van der Waals surface area contributed by atoms with Crippen molar-refractivity contribution in [1.82, 2.24) is 10.3 Å². The average Bonchev–Trinajstić information content (AvgIpc) is 3.48. The van der Waals surface area contributed by atoms with Crippen LogP contribution in [0.25, 0.3) is 0 Å². The Bertz CT molecular complexity index is 685. The number of carbonyl (C=O) groups is 2. The van der Waals surface area contributed by atoms with E-state index in [0.29, 0.717) is 36.4 Å². The molecule has 0 bridgehead atoms. The van der Waals surface area contributed by atoms with E-state index in [4.69, 9.17) is 4.74 Å². The summed E-state index contributed by atoms with van der Waals surface area (Å²) < 4.78 is 5.94. The van der Waals surface area contributed by atoms with Crippen LogP contribution in [0.4, 0.5) is 0 Å². The lowest BCUT2D eigenvalue weighted by Crippen LogP contribution is -2.49. The number of hydrogen-bond acceptors (Lipinski definition) is 4. The third kappa shape index (κ3) is 4.63. The first-order valence-electron chi connectivity index (χ1n) is 9.77. The fourth-order valence-electron chi connectivity index (χ4n) is 3.07. The van der Waals surface area contributed by atoms with Gasteiger partial charge in [0, 0.05) is 12.0 Å². The summed E-state index contributed by atoms with van der Waals surface area (Å²) in [4.78, 5) is 29.5. The maximum absolute atomic E-state index is 12.7. The number of pyridine rings is 1. The normalized spacial score (nSPS) is 18.3. The van der Waals surface area contributed by atoms with E-state index in [-0.39, 0.29) is 17.1 Å². The summed E-state index contributed by atoms with van der Waals surface area (Å²) in [5.74, 6) is 1.46. The van der Waals surface area contributed by atoms with Gasteiger partial charge in [-0.3, -0.25) is 9.59 Å². The summed E-state index contributed by atoms with van der Waals surface area (Å²) >= 11 is 0. The van der Waals surface area contributed by atoms with Crippen LogP contribution in [0.2, 0.25) is 0 Å². The molecule has 5 nitrogen and oxygen atoms in total. The van der Waals surface area contributed by atoms with Gasteiger partial charge in [-0.1, -0.05) is 33.8 Å². The van der Waals surface area contributed by atoms with Crippen LogP contribution in [0.1, 0.15) is 81.8 Å². The molecule has 142 valence electrons. The zero-order chi connectivity index (χ0) is 18.9. The van der Waals surface area contributed by atoms with Crippen LogP contribution in [0.3, 0.4) is 0 Å². The van der Waals surface area contributed by atoms with Gasteiger partial charge >= 0.3 is 0 Å². The minimum Gasteiger partial charge on any atom is -0.477 e. The number of aromatic nitrogens is 1. The molecule has 1 amide bonds. The number of carbonyl (C=O) groups excluding carboxylic acids is 2. The second-order valence-corrected chi connectivity index (χ2v) is 8.71. The molecular weight excluding hydrogens is 328 g/mol.